The largest absolute Gasteiger partial charge is 0.471 e. The first-order valence-electron chi connectivity index (χ1n) is 6.97. The summed E-state index contributed by atoms with van der Waals surface area (Å²) in [6.45, 7) is 12.9. The fraction of sp³-hybridized carbons (Fsp3) is 0.353. The summed E-state index contributed by atoms with van der Waals surface area (Å²) in [6, 6.07) is 0. The Morgan fingerprint density at radius 2 is 1.79 bits per heavy atom. The Kier molecular flexibility index (Phi) is 9.22. The van der Waals surface area contributed by atoms with Crippen molar-refractivity contribution < 1.29 is 18.0 Å². The van der Waals surface area contributed by atoms with Crippen LogP contribution in [-0.4, -0.2) is 23.4 Å². The van der Waals surface area contributed by atoms with E-state index in [0.29, 0.717) is 15.5 Å². The van der Waals surface area contributed by atoms with Crippen molar-refractivity contribution in [1.29, 1.82) is 0 Å². The molecule has 0 aliphatic rings. The molecule has 0 unspecified atom stereocenters. The molecule has 0 fully saturated rings. The first-order chi connectivity index (χ1) is 10.9. The molecule has 24 heavy (non-hydrogen) atoms. The lowest BCUT2D eigenvalue weighted by atomic mass is 10.2. The second-order valence-electron chi connectivity index (χ2n) is 5.33. The summed E-state index contributed by atoms with van der Waals surface area (Å²) in [6.07, 6.45) is 3.61. The summed E-state index contributed by atoms with van der Waals surface area (Å²) in [5.41, 5.74) is 0.539. The van der Waals surface area contributed by atoms with Gasteiger partial charge < -0.3 is 5.32 Å². The fourth-order valence-electron chi connectivity index (χ4n) is 1.44. The predicted molar refractivity (Wildman–Crippen MR) is 96.9 cm³/mol. The minimum absolute atomic E-state index is 0.210. The molecule has 7 heteroatoms. The number of hydrogen-bond acceptors (Lipinski definition) is 2. The molecule has 1 N–H and O–H groups in total. The van der Waals surface area contributed by atoms with Gasteiger partial charge in [-0.15, -0.1) is 11.8 Å². The first kappa shape index (κ1) is 22.6. The highest BCUT2D eigenvalue weighted by atomic mass is 35.5. The summed E-state index contributed by atoms with van der Waals surface area (Å²) in [5.74, 6) is -1.96. The average Bonchev–Trinajstić information content (AvgIpc) is 2.43. The van der Waals surface area contributed by atoms with Crippen LogP contribution >= 0.6 is 23.4 Å². The topological polar surface area (TPSA) is 29.1 Å². The molecule has 0 aromatic heterocycles. The molecule has 0 bridgehead atoms. The van der Waals surface area contributed by atoms with Gasteiger partial charge in [0, 0.05) is 21.2 Å². The van der Waals surface area contributed by atoms with Gasteiger partial charge in [-0.05, 0) is 38.5 Å². The monoisotopic (exact) mass is 379 g/mol. The lowest BCUT2D eigenvalue weighted by Crippen LogP contribution is -2.37. The van der Waals surface area contributed by atoms with E-state index in [9.17, 15) is 18.0 Å². The maximum absolute atomic E-state index is 12.1. The lowest BCUT2D eigenvalue weighted by molar-refractivity contribution is -0.173. The van der Waals surface area contributed by atoms with Gasteiger partial charge in [0.15, 0.2) is 0 Å². The third kappa shape index (κ3) is 10.4. The molecule has 134 valence electrons. The SMILES string of the molecule is C=C(Cl)C=CC(C)(C)SC(=C)C=CC(=CC)CNC(=O)C(F)(F)F. The van der Waals surface area contributed by atoms with Crippen LogP contribution in [0.2, 0.25) is 0 Å². The van der Waals surface area contributed by atoms with Gasteiger partial charge in [0.25, 0.3) is 0 Å². The Morgan fingerprint density at radius 3 is 2.25 bits per heavy atom. The second-order valence-corrected chi connectivity index (χ2v) is 7.60. The summed E-state index contributed by atoms with van der Waals surface area (Å²) in [7, 11) is 0. The van der Waals surface area contributed by atoms with E-state index in [4.69, 9.17) is 11.6 Å². The van der Waals surface area contributed by atoms with Crippen molar-refractivity contribution in [2.45, 2.75) is 31.7 Å². The van der Waals surface area contributed by atoms with Crippen molar-refractivity contribution in [3.8, 4) is 0 Å². The quantitative estimate of drug-likeness (QED) is 0.564. The smallest absolute Gasteiger partial charge is 0.344 e. The molecule has 0 saturated carbocycles. The number of hydrogen-bond donors (Lipinski definition) is 1. The highest BCUT2D eigenvalue weighted by Gasteiger charge is 2.38. The molecule has 0 aromatic carbocycles. The van der Waals surface area contributed by atoms with Gasteiger partial charge >= 0.3 is 12.1 Å². The van der Waals surface area contributed by atoms with E-state index in [-0.39, 0.29) is 11.3 Å². The Balaban J connectivity index is 4.66. The van der Waals surface area contributed by atoms with Gasteiger partial charge in [0.2, 0.25) is 0 Å². The van der Waals surface area contributed by atoms with Crippen molar-refractivity contribution in [2.75, 3.05) is 6.54 Å². The Morgan fingerprint density at radius 1 is 1.21 bits per heavy atom. The van der Waals surface area contributed by atoms with Crippen LogP contribution in [0.4, 0.5) is 13.2 Å². The Labute approximate surface area is 150 Å². The zero-order valence-electron chi connectivity index (χ0n) is 13.8. The van der Waals surface area contributed by atoms with Gasteiger partial charge in [-0.25, -0.2) is 0 Å². The molecule has 0 heterocycles. The van der Waals surface area contributed by atoms with E-state index in [0.717, 1.165) is 0 Å². The number of carbonyl (C=O) groups is 1. The van der Waals surface area contributed by atoms with E-state index < -0.39 is 12.1 Å². The van der Waals surface area contributed by atoms with Crippen molar-refractivity contribution in [2.24, 2.45) is 0 Å². The van der Waals surface area contributed by atoms with E-state index in [2.05, 4.69) is 13.2 Å². The zero-order valence-corrected chi connectivity index (χ0v) is 15.4. The number of halogens is 4. The molecule has 0 atom stereocenters. The van der Waals surface area contributed by atoms with Crippen LogP contribution in [0.5, 0.6) is 0 Å². The maximum atomic E-state index is 12.1. The van der Waals surface area contributed by atoms with Crippen molar-refractivity contribution in [3.63, 3.8) is 0 Å². The van der Waals surface area contributed by atoms with E-state index >= 15 is 0 Å². The maximum Gasteiger partial charge on any atom is 0.471 e. The van der Waals surface area contributed by atoms with E-state index in [1.54, 1.807) is 31.2 Å². The highest BCUT2D eigenvalue weighted by molar-refractivity contribution is 8.04. The molecule has 0 radical (unpaired) electrons. The summed E-state index contributed by atoms with van der Waals surface area (Å²) in [5, 5.41) is 2.24. The van der Waals surface area contributed by atoms with Crippen molar-refractivity contribution in [3.05, 3.63) is 59.0 Å². The van der Waals surface area contributed by atoms with Gasteiger partial charge in [0.05, 0.1) is 0 Å². The molecule has 2 nitrogen and oxygen atoms in total. The van der Waals surface area contributed by atoms with Crippen LogP contribution in [-0.2, 0) is 4.79 Å². The number of thioether (sulfide) groups is 1. The van der Waals surface area contributed by atoms with Gasteiger partial charge in [-0.1, -0.05) is 43.0 Å². The number of nitrogens with one attached hydrogen (secondary N) is 1. The number of allylic oxidation sites excluding steroid dienone is 4. The highest BCUT2D eigenvalue weighted by Crippen LogP contribution is 2.33. The minimum Gasteiger partial charge on any atom is -0.344 e. The van der Waals surface area contributed by atoms with Crippen molar-refractivity contribution >= 4 is 29.3 Å². The number of rotatable bonds is 8. The van der Waals surface area contributed by atoms with Crippen LogP contribution in [0, 0.1) is 0 Å². The lowest BCUT2D eigenvalue weighted by Gasteiger charge is -2.19. The number of alkyl halides is 3. The molecule has 0 aliphatic carbocycles. The molecule has 0 aromatic rings. The Bertz CT molecular complexity index is 575. The standard InChI is InChI=1S/C17H21ClF3NOS/c1-6-14(11-22-15(23)17(19,20)21)8-7-13(3)24-16(4,5)10-9-12(2)18/h6-10H,2-3,11H2,1,4-5H3,(H,22,23). The minimum atomic E-state index is -4.88. The summed E-state index contributed by atoms with van der Waals surface area (Å²) < 4.78 is 36.2. The average molecular weight is 380 g/mol. The van der Waals surface area contributed by atoms with Crippen molar-refractivity contribution in [1.82, 2.24) is 5.32 Å². The van der Waals surface area contributed by atoms with Crippen LogP contribution in [0.1, 0.15) is 20.8 Å². The molecule has 1 amide bonds. The first-order valence-corrected chi connectivity index (χ1v) is 8.16. The van der Waals surface area contributed by atoms with Crippen LogP contribution in [0.15, 0.2) is 59.0 Å². The number of carbonyl (C=O) groups excluding carboxylic acids is 1. The number of amides is 1. The van der Waals surface area contributed by atoms with E-state index in [1.165, 1.54) is 11.8 Å². The third-order valence-corrected chi connectivity index (χ3v) is 3.81. The van der Waals surface area contributed by atoms with Crippen LogP contribution in [0.25, 0.3) is 0 Å². The molecular formula is C17H21ClF3NOS. The third-order valence-electron chi connectivity index (χ3n) is 2.62. The zero-order chi connectivity index (χ0) is 19.0. The van der Waals surface area contributed by atoms with Crippen LogP contribution < -0.4 is 5.32 Å². The van der Waals surface area contributed by atoms with Gasteiger partial charge in [-0.3, -0.25) is 4.79 Å². The van der Waals surface area contributed by atoms with Gasteiger partial charge in [0.1, 0.15) is 0 Å². The summed E-state index contributed by atoms with van der Waals surface area (Å²) in [4.78, 5) is 11.5. The predicted octanol–water partition coefficient (Wildman–Crippen LogP) is 5.50. The molecule has 0 rings (SSSR count). The van der Waals surface area contributed by atoms with E-state index in [1.807, 2.05) is 25.2 Å². The normalized spacial score (nSPS) is 13.5. The summed E-state index contributed by atoms with van der Waals surface area (Å²) >= 11 is 7.15. The molecular weight excluding hydrogens is 359 g/mol. The van der Waals surface area contributed by atoms with Gasteiger partial charge in [-0.2, -0.15) is 13.2 Å². The molecule has 0 spiro atoms. The molecule has 0 saturated heterocycles. The fourth-order valence-corrected chi connectivity index (χ4v) is 2.45. The molecule has 0 aliphatic heterocycles. The van der Waals surface area contributed by atoms with Crippen LogP contribution in [0.3, 0.4) is 0 Å². The Hall–Kier alpha value is -1.40. The second kappa shape index (κ2) is 9.79.